The zero-order chi connectivity index (χ0) is 12.1. The fraction of sp³-hybridized carbons (Fsp3) is 0.300. The lowest BCUT2D eigenvalue weighted by atomic mass is 10.5. The van der Waals surface area contributed by atoms with Crippen molar-refractivity contribution in [2.24, 2.45) is 0 Å². The molecular formula is C10H11ClN4OS. The Labute approximate surface area is 108 Å². The quantitative estimate of drug-likeness (QED) is 0.904. The molecule has 0 radical (unpaired) electrons. The smallest absolute Gasteiger partial charge is 0.322 e. The fourth-order valence-electron chi connectivity index (χ4n) is 1.11. The molecule has 0 aliphatic carbocycles. The Kier molecular flexibility index (Phi) is 4.11. The molecule has 0 saturated carbocycles. The summed E-state index contributed by atoms with van der Waals surface area (Å²) in [6, 6.07) is 2.17. The lowest BCUT2D eigenvalue weighted by Crippen LogP contribution is -2.04. The summed E-state index contributed by atoms with van der Waals surface area (Å²) < 4.78 is 5.31. The van der Waals surface area contributed by atoms with Gasteiger partial charge >= 0.3 is 6.01 Å². The fourth-order valence-corrected chi connectivity index (χ4v) is 1.85. The van der Waals surface area contributed by atoms with Crippen molar-refractivity contribution in [3.63, 3.8) is 0 Å². The van der Waals surface area contributed by atoms with Gasteiger partial charge < -0.3 is 10.1 Å². The largest absolute Gasteiger partial charge is 0.463 e. The van der Waals surface area contributed by atoms with Crippen molar-refractivity contribution in [3.8, 4) is 6.01 Å². The van der Waals surface area contributed by atoms with Crippen molar-refractivity contribution < 1.29 is 4.74 Å². The molecule has 5 nitrogen and oxygen atoms in total. The molecular weight excluding hydrogens is 260 g/mol. The number of ether oxygens (including phenoxy) is 1. The van der Waals surface area contributed by atoms with Crippen LogP contribution in [0.5, 0.6) is 6.01 Å². The SMILES string of the molecule is CCCOc1nc(Cl)nc(Nc2ccsc2)n1. The molecule has 0 aliphatic rings. The molecule has 0 atom stereocenters. The third-order valence-corrected chi connectivity index (χ3v) is 2.65. The number of anilines is 2. The third kappa shape index (κ3) is 3.54. The first-order valence-corrected chi connectivity index (χ1v) is 6.43. The van der Waals surface area contributed by atoms with Gasteiger partial charge in [-0.3, -0.25) is 0 Å². The van der Waals surface area contributed by atoms with Gasteiger partial charge in [0.2, 0.25) is 11.2 Å². The van der Waals surface area contributed by atoms with Crippen molar-refractivity contribution in [2.75, 3.05) is 11.9 Å². The first-order chi connectivity index (χ1) is 8.28. The molecule has 0 aromatic carbocycles. The molecule has 0 amide bonds. The van der Waals surface area contributed by atoms with Gasteiger partial charge in [-0.1, -0.05) is 6.92 Å². The second-order valence-corrected chi connectivity index (χ2v) is 4.31. The van der Waals surface area contributed by atoms with Crippen molar-refractivity contribution in [1.82, 2.24) is 15.0 Å². The van der Waals surface area contributed by atoms with Crippen LogP contribution in [0.15, 0.2) is 16.8 Å². The highest BCUT2D eigenvalue weighted by Crippen LogP contribution is 2.18. The maximum atomic E-state index is 5.79. The van der Waals surface area contributed by atoms with Crippen LogP contribution in [0.25, 0.3) is 0 Å². The van der Waals surface area contributed by atoms with E-state index in [1.807, 2.05) is 23.8 Å². The summed E-state index contributed by atoms with van der Waals surface area (Å²) in [6.45, 7) is 2.56. The van der Waals surface area contributed by atoms with E-state index in [0.29, 0.717) is 12.6 Å². The molecule has 2 aromatic rings. The molecule has 0 aliphatic heterocycles. The van der Waals surface area contributed by atoms with E-state index in [1.54, 1.807) is 11.3 Å². The molecule has 0 bridgehead atoms. The van der Waals surface area contributed by atoms with E-state index in [0.717, 1.165) is 12.1 Å². The van der Waals surface area contributed by atoms with Crippen LogP contribution in [0.1, 0.15) is 13.3 Å². The predicted molar refractivity (Wildman–Crippen MR) is 68.2 cm³/mol. The summed E-state index contributed by atoms with van der Waals surface area (Å²) in [5.74, 6) is 0.384. The molecule has 0 saturated heterocycles. The molecule has 0 spiro atoms. The molecule has 7 heteroatoms. The molecule has 1 N–H and O–H groups in total. The molecule has 0 fully saturated rings. The maximum Gasteiger partial charge on any atom is 0.322 e. The lowest BCUT2D eigenvalue weighted by Gasteiger charge is -2.05. The Morgan fingerprint density at radius 3 is 3.00 bits per heavy atom. The van der Waals surface area contributed by atoms with Crippen LogP contribution in [0.3, 0.4) is 0 Å². The summed E-state index contributed by atoms with van der Waals surface area (Å²) >= 11 is 7.37. The van der Waals surface area contributed by atoms with Crippen LogP contribution in [0.2, 0.25) is 5.28 Å². The van der Waals surface area contributed by atoms with Crippen molar-refractivity contribution in [1.29, 1.82) is 0 Å². The number of hydrogen-bond acceptors (Lipinski definition) is 6. The van der Waals surface area contributed by atoms with Crippen molar-refractivity contribution in [3.05, 3.63) is 22.1 Å². The van der Waals surface area contributed by atoms with E-state index in [9.17, 15) is 0 Å². The predicted octanol–water partition coefficient (Wildman–Crippen LogP) is 3.12. The number of thiophene rings is 1. The molecule has 2 aromatic heterocycles. The van der Waals surface area contributed by atoms with Crippen LogP contribution >= 0.6 is 22.9 Å². The summed E-state index contributed by atoms with van der Waals surface area (Å²) in [4.78, 5) is 12.0. The third-order valence-electron chi connectivity index (χ3n) is 1.80. The molecule has 17 heavy (non-hydrogen) atoms. The minimum Gasteiger partial charge on any atom is -0.463 e. The maximum absolute atomic E-state index is 5.79. The van der Waals surface area contributed by atoms with Crippen LogP contribution < -0.4 is 10.1 Å². The number of aromatic nitrogens is 3. The van der Waals surface area contributed by atoms with Crippen LogP contribution in [-0.4, -0.2) is 21.6 Å². The second-order valence-electron chi connectivity index (χ2n) is 3.20. The van der Waals surface area contributed by atoms with Gasteiger partial charge in [-0.15, -0.1) is 0 Å². The van der Waals surface area contributed by atoms with Gasteiger partial charge in [0.15, 0.2) is 0 Å². The summed E-state index contributed by atoms with van der Waals surface area (Å²) in [5, 5.41) is 7.05. The van der Waals surface area contributed by atoms with E-state index in [1.165, 1.54) is 0 Å². The molecule has 90 valence electrons. The van der Waals surface area contributed by atoms with E-state index in [2.05, 4.69) is 20.3 Å². The Balaban J connectivity index is 2.13. The Morgan fingerprint density at radius 2 is 2.29 bits per heavy atom. The number of nitrogens with one attached hydrogen (secondary N) is 1. The van der Waals surface area contributed by atoms with Crippen molar-refractivity contribution in [2.45, 2.75) is 13.3 Å². The topological polar surface area (TPSA) is 59.9 Å². The first kappa shape index (κ1) is 12.1. The van der Waals surface area contributed by atoms with Gasteiger partial charge in [-0.2, -0.15) is 26.3 Å². The minimum absolute atomic E-state index is 0.115. The zero-order valence-electron chi connectivity index (χ0n) is 9.18. The van der Waals surface area contributed by atoms with Crippen molar-refractivity contribution >= 4 is 34.6 Å². The van der Waals surface area contributed by atoms with Gasteiger partial charge in [-0.25, -0.2) is 0 Å². The number of rotatable bonds is 5. The van der Waals surface area contributed by atoms with Crippen LogP contribution in [0, 0.1) is 0 Å². The standard InChI is InChI=1S/C10H11ClN4OS/c1-2-4-16-10-14-8(11)13-9(15-10)12-7-3-5-17-6-7/h3,5-6H,2,4H2,1H3,(H,12,13,14,15). The molecule has 2 rings (SSSR count). The van der Waals surface area contributed by atoms with E-state index < -0.39 is 0 Å². The van der Waals surface area contributed by atoms with Gasteiger partial charge in [0, 0.05) is 5.38 Å². The Hall–Kier alpha value is -1.40. The van der Waals surface area contributed by atoms with Crippen LogP contribution in [0.4, 0.5) is 11.6 Å². The highest BCUT2D eigenvalue weighted by molar-refractivity contribution is 7.08. The van der Waals surface area contributed by atoms with Crippen LogP contribution in [-0.2, 0) is 0 Å². The summed E-state index contributed by atoms with van der Waals surface area (Å²) in [6.07, 6.45) is 0.886. The van der Waals surface area contributed by atoms with Gasteiger partial charge in [0.05, 0.1) is 12.3 Å². The number of hydrogen-bond donors (Lipinski definition) is 1. The van der Waals surface area contributed by atoms with E-state index in [4.69, 9.17) is 16.3 Å². The summed E-state index contributed by atoms with van der Waals surface area (Å²) in [5.41, 5.74) is 0.915. The first-order valence-electron chi connectivity index (χ1n) is 5.11. The normalized spacial score (nSPS) is 10.2. The highest BCUT2D eigenvalue weighted by Gasteiger charge is 2.06. The number of halogens is 1. The molecule has 0 unspecified atom stereocenters. The monoisotopic (exact) mass is 270 g/mol. The average Bonchev–Trinajstić information content (AvgIpc) is 2.78. The highest BCUT2D eigenvalue weighted by atomic mass is 35.5. The zero-order valence-corrected chi connectivity index (χ0v) is 10.8. The lowest BCUT2D eigenvalue weighted by molar-refractivity contribution is 0.292. The van der Waals surface area contributed by atoms with Gasteiger partial charge in [0.1, 0.15) is 0 Å². The Bertz CT molecular complexity index is 477. The van der Waals surface area contributed by atoms with Gasteiger partial charge in [0.25, 0.3) is 0 Å². The van der Waals surface area contributed by atoms with E-state index >= 15 is 0 Å². The second kappa shape index (κ2) is 5.79. The average molecular weight is 271 g/mol. The summed E-state index contributed by atoms with van der Waals surface area (Å²) in [7, 11) is 0. The molecule has 2 heterocycles. The number of nitrogens with zero attached hydrogens (tertiary/aromatic N) is 3. The Morgan fingerprint density at radius 1 is 1.41 bits per heavy atom. The minimum atomic E-state index is 0.115. The van der Waals surface area contributed by atoms with Gasteiger partial charge in [-0.05, 0) is 29.5 Å². The van der Waals surface area contributed by atoms with E-state index in [-0.39, 0.29) is 11.3 Å².